The molecular weight excluding hydrogens is 582 g/mol. The maximum atomic E-state index is 12.9. The molecule has 0 bridgehead atoms. The zero-order chi connectivity index (χ0) is 32.1. The summed E-state index contributed by atoms with van der Waals surface area (Å²) < 4.78 is 18.8. The Hall–Kier alpha value is -4.60. The number of ether oxygens (including phenoxy) is 3. The van der Waals surface area contributed by atoms with Crippen LogP contribution >= 0.6 is 0 Å². The number of benzene rings is 2. The van der Waals surface area contributed by atoms with Crippen molar-refractivity contribution in [1.29, 1.82) is 0 Å². The zero-order valence-electron chi connectivity index (χ0n) is 26.9. The number of aromatic nitrogens is 3. The summed E-state index contributed by atoms with van der Waals surface area (Å²) in [6.07, 6.45) is 5.76. The number of nitrogens with zero attached hydrogens (tertiary/aromatic N) is 4. The first kappa shape index (κ1) is 30.1. The summed E-state index contributed by atoms with van der Waals surface area (Å²) >= 11 is 0. The Kier molecular flexibility index (Phi) is 7.61. The first-order valence-electron chi connectivity index (χ1n) is 16.1. The molecule has 2 heterocycles. The van der Waals surface area contributed by atoms with Gasteiger partial charge in [0.2, 0.25) is 0 Å². The first-order chi connectivity index (χ1) is 22.1. The van der Waals surface area contributed by atoms with Crippen LogP contribution in [-0.4, -0.2) is 58.1 Å². The molecule has 3 aliphatic rings. The molecule has 10 nitrogen and oxygen atoms in total. The third kappa shape index (κ3) is 5.76. The number of anilines is 1. The highest BCUT2D eigenvalue weighted by Gasteiger charge is 2.58. The van der Waals surface area contributed by atoms with E-state index in [1.54, 1.807) is 25.4 Å². The van der Waals surface area contributed by atoms with Gasteiger partial charge in [-0.3, -0.25) is 0 Å². The van der Waals surface area contributed by atoms with Crippen molar-refractivity contribution in [3.05, 3.63) is 89.2 Å². The van der Waals surface area contributed by atoms with Gasteiger partial charge in [-0.15, -0.1) is 0 Å². The fraction of sp³-hybridized carbons (Fsp3) is 0.444. The third-order valence-corrected chi connectivity index (χ3v) is 9.58. The summed E-state index contributed by atoms with van der Waals surface area (Å²) in [5.41, 5.74) is 4.14. The minimum atomic E-state index is -0.554. The van der Waals surface area contributed by atoms with Crippen LogP contribution in [0.25, 0.3) is 5.65 Å². The molecule has 1 amide bonds. The van der Waals surface area contributed by atoms with Crippen molar-refractivity contribution >= 4 is 23.5 Å². The topological polar surface area (TPSA) is 107 Å². The Morgan fingerprint density at radius 3 is 2.46 bits per heavy atom. The van der Waals surface area contributed by atoms with Gasteiger partial charge in [-0.1, -0.05) is 30.3 Å². The van der Waals surface area contributed by atoms with Gasteiger partial charge in [0.1, 0.15) is 17.2 Å². The average Bonchev–Trinajstić information content (AvgIpc) is 3.58. The van der Waals surface area contributed by atoms with E-state index in [0.717, 1.165) is 60.6 Å². The highest BCUT2D eigenvalue weighted by atomic mass is 16.6. The predicted octanol–water partition coefficient (Wildman–Crippen LogP) is 5.86. The number of nitrogens with one attached hydrogen (secondary N) is 1. The van der Waals surface area contributed by atoms with Crippen LogP contribution in [0.15, 0.2) is 66.9 Å². The average molecular weight is 624 g/mol. The van der Waals surface area contributed by atoms with Gasteiger partial charge in [0, 0.05) is 41.6 Å². The van der Waals surface area contributed by atoms with Crippen molar-refractivity contribution in [1.82, 2.24) is 19.9 Å². The Morgan fingerprint density at radius 2 is 1.78 bits per heavy atom. The lowest BCUT2D eigenvalue weighted by Gasteiger charge is -2.44. The molecule has 3 aliphatic carbocycles. The highest BCUT2D eigenvalue weighted by molar-refractivity contribution is 5.89. The Morgan fingerprint density at radius 1 is 1.04 bits per heavy atom. The van der Waals surface area contributed by atoms with E-state index < -0.39 is 5.60 Å². The Bertz CT molecular complexity index is 1740. The monoisotopic (exact) mass is 623 g/mol. The summed E-state index contributed by atoms with van der Waals surface area (Å²) in [5.74, 6) is 1.68. The quantitative estimate of drug-likeness (QED) is 0.231. The van der Waals surface area contributed by atoms with E-state index in [2.05, 4.69) is 22.3 Å². The van der Waals surface area contributed by atoms with Gasteiger partial charge in [-0.2, -0.15) is 9.61 Å². The van der Waals surface area contributed by atoms with E-state index in [4.69, 9.17) is 24.3 Å². The highest BCUT2D eigenvalue weighted by Crippen LogP contribution is 2.61. The van der Waals surface area contributed by atoms with Crippen molar-refractivity contribution in [2.75, 3.05) is 18.6 Å². The molecular formula is C36H41N5O5. The lowest BCUT2D eigenvalue weighted by Crippen LogP contribution is -2.55. The van der Waals surface area contributed by atoms with Crippen LogP contribution in [0.4, 0.5) is 10.6 Å². The van der Waals surface area contributed by atoms with Gasteiger partial charge < -0.3 is 24.4 Å². The third-order valence-electron chi connectivity index (χ3n) is 9.58. The standard InChI is InChI=1S/C36H41N5O5/c1-35(2,3)46-34(43)38-26-19-27(20-26)40(21-23-10-12-28(44-4)13-11-23)32-29-18-25(22-45-33(42)24-8-6-5-7-9-24)36(15-16-36)31(29)39-30-14-17-37-41(30)32/h5-14,17,25-27H,15-16,18-22H2,1-4H3,(H,38,43). The lowest BCUT2D eigenvalue weighted by atomic mass is 9.85. The molecule has 0 aliphatic heterocycles. The largest absolute Gasteiger partial charge is 0.497 e. The first-order valence-corrected chi connectivity index (χ1v) is 16.1. The molecule has 2 aromatic carbocycles. The van der Waals surface area contributed by atoms with Gasteiger partial charge in [-0.05, 0) is 82.7 Å². The van der Waals surface area contributed by atoms with Crippen molar-refractivity contribution in [3.8, 4) is 5.75 Å². The number of methoxy groups -OCH3 is 1. The molecule has 2 aromatic heterocycles. The fourth-order valence-corrected chi connectivity index (χ4v) is 7.06. The molecule has 10 heteroatoms. The van der Waals surface area contributed by atoms with Crippen LogP contribution < -0.4 is 15.0 Å². The van der Waals surface area contributed by atoms with E-state index in [-0.39, 0.29) is 35.5 Å². The number of fused-ring (bicyclic) bond motifs is 3. The number of hydrogen-bond donors (Lipinski definition) is 1. The second kappa shape index (κ2) is 11.6. The Balaban J connectivity index is 1.19. The van der Waals surface area contributed by atoms with Crippen LogP contribution in [0.2, 0.25) is 0 Å². The Labute approximate surface area is 269 Å². The molecule has 0 radical (unpaired) electrons. The molecule has 2 fully saturated rings. The van der Waals surface area contributed by atoms with Crippen LogP contribution in [0.1, 0.15) is 73.6 Å². The number of alkyl carbamates (subject to hydrolysis) is 1. The van der Waals surface area contributed by atoms with E-state index >= 15 is 0 Å². The fourth-order valence-electron chi connectivity index (χ4n) is 7.06. The molecule has 2 saturated carbocycles. The molecule has 1 atom stereocenters. The SMILES string of the molecule is COc1ccc(CN(c2c3c(nc4ccnn24)C2(CC2)C(COC(=O)c2ccccc2)C3)C2CC(NC(=O)OC(C)(C)C)C2)cc1. The lowest BCUT2D eigenvalue weighted by molar-refractivity contribution is 0.0417. The minimum absolute atomic E-state index is 0.0149. The van der Waals surface area contributed by atoms with Gasteiger partial charge in [0.05, 0.1) is 31.2 Å². The minimum Gasteiger partial charge on any atom is -0.497 e. The summed E-state index contributed by atoms with van der Waals surface area (Å²) in [4.78, 5) is 33.1. The van der Waals surface area contributed by atoms with Crippen molar-refractivity contribution in [2.45, 2.75) is 82.5 Å². The van der Waals surface area contributed by atoms with Crippen LogP contribution in [0.5, 0.6) is 5.75 Å². The maximum Gasteiger partial charge on any atom is 0.407 e. The molecule has 1 N–H and O–H groups in total. The second-order valence-corrected chi connectivity index (χ2v) is 13.8. The molecule has 46 heavy (non-hydrogen) atoms. The molecule has 240 valence electrons. The summed E-state index contributed by atoms with van der Waals surface area (Å²) in [5, 5.41) is 7.82. The molecule has 1 spiro atoms. The van der Waals surface area contributed by atoms with Crippen LogP contribution in [0, 0.1) is 5.92 Å². The summed E-state index contributed by atoms with van der Waals surface area (Å²) in [6.45, 7) is 6.60. The molecule has 1 unspecified atom stereocenters. The van der Waals surface area contributed by atoms with Gasteiger partial charge in [0.15, 0.2) is 5.65 Å². The van der Waals surface area contributed by atoms with Crippen LogP contribution in [-0.2, 0) is 27.9 Å². The summed E-state index contributed by atoms with van der Waals surface area (Å²) in [7, 11) is 1.67. The van der Waals surface area contributed by atoms with Crippen molar-refractivity contribution in [2.24, 2.45) is 5.92 Å². The van der Waals surface area contributed by atoms with E-state index in [9.17, 15) is 9.59 Å². The molecule has 0 saturated heterocycles. The number of hydrogen-bond acceptors (Lipinski definition) is 8. The van der Waals surface area contributed by atoms with E-state index in [0.29, 0.717) is 18.7 Å². The number of rotatable bonds is 9. The van der Waals surface area contributed by atoms with Gasteiger partial charge in [0.25, 0.3) is 0 Å². The van der Waals surface area contributed by atoms with Gasteiger partial charge in [-0.25, -0.2) is 14.6 Å². The predicted molar refractivity (Wildman–Crippen MR) is 173 cm³/mol. The zero-order valence-corrected chi connectivity index (χ0v) is 26.9. The number of carbonyl (C=O) groups excluding carboxylic acids is 2. The maximum absolute atomic E-state index is 12.9. The number of amides is 1. The van der Waals surface area contributed by atoms with Crippen LogP contribution in [0.3, 0.4) is 0 Å². The van der Waals surface area contributed by atoms with Crippen molar-refractivity contribution < 1.29 is 23.8 Å². The normalized spacial score (nSPS) is 20.9. The van der Waals surface area contributed by atoms with E-state index in [1.807, 2.05) is 61.7 Å². The number of carbonyl (C=O) groups is 2. The van der Waals surface area contributed by atoms with Gasteiger partial charge >= 0.3 is 12.1 Å². The number of esters is 1. The molecule has 4 aromatic rings. The molecule has 7 rings (SSSR count). The smallest absolute Gasteiger partial charge is 0.407 e. The summed E-state index contributed by atoms with van der Waals surface area (Å²) in [6, 6.07) is 19.5. The van der Waals surface area contributed by atoms with E-state index in [1.165, 1.54) is 5.56 Å². The van der Waals surface area contributed by atoms with Crippen molar-refractivity contribution in [3.63, 3.8) is 0 Å². The second-order valence-electron chi connectivity index (χ2n) is 13.8.